The second-order valence-electron chi connectivity index (χ2n) is 4.40. The molecule has 1 aromatic rings. The highest BCUT2D eigenvalue weighted by molar-refractivity contribution is 9.10. The summed E-state index contributed by atoms with van der Waals surface area (Å²) < 4.78 is 54.0. The fourth-order valence-electron chi connectivity index (χ4n) is 2.24. The molecule has 1 saturated heterocycles. The van der Waals surface area contributed by atoms with Crippen LogP contribution >= 0.6 is 28.3 Å². The van der Waals surface area contributed by atoms with Gasteiger partial charge >= 0.3 is 6.18 Å². The number of alkyl halides is 3. The third-order valence-corrected chi connectivity index (χ3v) is 3.57. The lowest BCUT2D eigenvalue weighted by Crippen LogP contribution is -2.49. The van der Waals surface area contributed by atoms with Crippen LogP contribution in [-0.2, 0) is 0 Å². The number of piperazine rings is 1. The number of benzene rings is 1. The van der Waals surface area contributed by atoms with Crippen LogP contribution in [0.25, 0.3) is 0 Å². The molecule has 0 spiro atoms. The molecule has 0 radical (unpaired) electrons. The minimum Gasteiger partial charge on any atom is -0.314 e. The maximum Gasteiger partial charge on any atom is 0.408 e. The molecule has 0 bridgehead atoms. The minimum absolute atomic E-state index is 0. The lowest BCUT2D eigenvalue weighted by Gasteiger charge is -2.36. The summed E-state index contributed by atoms with van der Waals surface area (Å²) in [6, 6.07) is 1.76. The van der Waals surface area contributed by atoms with Crippen molar-refractivity contribution >= 4 is 28.3 Å². The van der Waals surface area contributed by atoms with Crippen LogP contribution in [0.1, 0.15) is 11.6 Å². The number of hydrogen-bond acceptors (Lipinski definition) is 2. The first-order chi connectivity index (χ1) is 8.89. The van der Waals surface area contributed by atoms with Gasteiger partial charge in [0.05, 0.1) is 0 Å². The van der Waals surface area contributed by atoms with E-state index in [0.29, 0.717) is 17.6 Å². The predicted molar refractivity (Wildman–Crippen MR) is 74.6 cm³/mol. The molecule has 0 unspecified atom stereocenters. The van der Waals surface area contributed by atoms with Gasteiger partial charge in [-0.3, -0.25) is 4.90 Å². The molecule has 1 N–H and O–H groups in total. The lowest BCUT2D eigenvalue weighted by molar-refractivity contribution is -0.188. The quantitative estimate of drug-likeness (QED) is 0.794. The Hall–Kier alpha value is -0.370. The van der Waals surface area contributed by atoms with Crippen LogP contribution in [0.5, 0.6) is 0 Å². The molecule has 1 aliphatic rings. The Labute approximate surface area is 129 Å². The van der Waals surface area contributed by atoms with E-state index >= 15 is 0 Å². The monoisotopic (exact) mass is 376 g/mol. The van der Waals surface area contributed by atoms with E-state index in [9.17, 15) is 17.6 Å². The summed E-state index contributed by atoms with van der Waals surface area (Å²) in [4.78, 5) is 1.27. The second kappa shape index (κ2) is 7.06. The van der Waals surface area contributed by atoms with Gasteiger partial charge in [0, 0.05) is 36.2 Å². The average Bonchev–Trinajstić information content (AvgIpc) is 2.33. The van der Waals surface area contributed by atoms with Crippen LogP contribution in [0.2, 0.25) is 0 Å². The number of hydrogen-bond donors (Lipinski definition) is 1. The van der Waals surface area contributed by atoms with Crippen molar-refractivity contribution in [3.63, 3.8) is 0 Å². The first kappa shape index (κ1) is 17.7. The van der Waals surface area contributed by atoms with Gasteiger partial charge in [-0.1, -0.05) is 15.9 Å². The third-order valence-electron chi connectivity index (χ3n) is 3.08. The van der Waals surface area contributed by atoms with Gasteiger partial charge in [-0.05, 0) is 18.2 Å². The highest BCUT2D eigenvalue weighted by atomic mass is 79.9. The molecule has 2 nitrogen and oxygen atoms in total. The van der Waals surface area contributed by atoms with Crippen LogP contribution in [0.3, 0.4) is 0 Å². The molecular weight excluding hydrogens is 363 g/mol. The second-order valence-corrected chi connectivity index (χ2v) is 5.31. The fraction of sp³-hybridized carbons (Fsp3) is 0.500. The number of rotatable bonds is 2. The summed E-state index contributed by atoms with van der Waals surface area (Å²) in [5, 5.41) is 2.99. The standard InChI is InChI=1S/C12H13BrF4N2.ClH/c13-8-1-2-10(14)9(7-8)11(12(15,16)17)19-5-3-18-4-6-19;/h1-2,7,11,18H,3-6H2;1H/t11-;/m1./s1. The maximum atomic E-state index is 13.7. The van der Waals surface area contributed by atoms with Gasteiger partial charge in [-0.15, -0.1) is 12.4 Å². The normalized spacial score (nSPS) is 18.4. The van der Waals surface area contributed by atoms with E-state index in [-0.39, 0.29) is 31.1 Å². The Morgan fingerprint density at radius 2 is 1.80 bits per heavy atom. The Bertz CT molecular complexity index is 450. The molecule has 1 aromatic carbocycles. The van der Waals surface area contributed by atoms with Crippen LogP contribution < -0.4 is 5.32 Å². The summed E-state index contributed by atoms with van der Waals surface area (Å²) in [7, 11) is 0. The van der Waals surface area contributed by atoms with Crippen LogP contribution in [0.15, 0.2) is 22.7 Å². The molecule has 0 aromatic heterocycles. The first-order valence-corrected chi connectivity index (χ1v) is 6.65. The van der Waals surface area contributed by atoms with Gasteiger partial charge in [0.15, 0.2) is 0 Å². The van der Waals surface area contributed by atoms with Crippen molar-refractivity contribution in [3.8, 4) is 0 Å². The van der Waals surface area contributed by atoms with E-state index in [4.69, 9.17) is 0 Å². The molecule has 8 heteroatoms. The summed E-state index contributed by atoms with van der Waals surface area (Å²) >= 11 is 3.09. The topological polar surface area (TPSA) is 15.3 Å². The Morgan fingerprint density at radius 3 is 2.35 bits per heavy atom. The van der Waals surface area contributed by atoms with Crippen LogP contribution in [-0.4, -0.2) is 37.3 Å². The zero-order chi connectivity index (χ0) is 14.0. The van der Waals surface area contributed by atoms with E-state index in [1.165, 1.54) is 17.0 Å². The highest BCUT2D eigenvalue weighted by Crippen LogP contribution is 2.39. The zero-order valence-corrected chi connectivity index (χ0v) is 12.8. The number of nitrogens with one attached hydrogen (secondary N) is 1. The average molecular weight is 378 g/mol. The van der Waals surface area contributed by atoms with Crippen molar-refractivity contribution in [1.29, 1.82) is 0 Å². The van der Waals surface area contributed by atoms with Crippen LogP contribution in [0.4, 0.5) is 17.6 Å². The van der Waals surface area contributed by atoms with E-state index in [2.05, 4.69) is 21.2 Å². The molecule has 0 amide bonds. The Morgan fingerprint density at radius 1 is 1.20 bits per heavy atom. The van der Waals surface area contributed by atoms with E-state index in [1.54, 1.807) is 0 Å². The molecule has 1 fully saturated rings. The van der Waals surface area contributed by atoms with E-state index in [0.717, 1.165) is 6.07 Å². The predicted octanol–water partition coefficient (Wildman–Crippen LogP) is 3.52. The van der Waals surface area contributed by atoms with Gasteiger partial charge in [-0.2, -0.15) is 13.2 Å². The van der Waals surface area contributed by atoms with Gasteiger partial charge in [0.25, 0.3) is 0 Å². The number of nitrogens with zero attached hydrogens (tertiary/aromatic N) is 1. The summed E-state index contributed by atoms with van der Waals surface area (Å²) in [5.74, 6) is -0.830. The van der Waals surface area contributed by atoms with E-state index < -0.39 is 18.0 Å². The summed E-state index contributed by atoms with van der Waals surface area (Å²) in [6.45, 7) is 1.44. The van der Waals surface area contributed by atoms with E-state index in [1.807, 2.05) is 0 Å². The van der Waals surface area contributed by atoms with Crippen molar-refractivity contribution in [2.75, 3.05) is 26.2 Å². The molecule has 0 aliphatic carbocycles. The molecular formula is C12H14BrClF4N2. The highest BCUT2D eigenvalue weighted by Gasteiger charge is 2.46. The summed E-state index contributed by atoms with van der Waals surface area (Å²) in [5.41, 5.74) is -0.330. The van der Waals surface area contributed by atoms with Gasteiger partial charge in [0.2, 0.25) is 0 Å². The SMILES string of the molecule is Cl.Fc1ccc(Br)cc1[C@@H](N1CCNCC1)C(F)(F)F. The van der Waals surface area contributed by atoms with Crippen molar-refractivity contribution in [3.05, 3.63) is 34.1 Å². The van der Waals surface area contributed by atoms with Crippen molar-refractivity contribution in [2.45, 2.75) is 12.2 Å². The molecule has 2 rings (SSSR count). The summed E-state index contributed by atoms with van der Waals surface area (Å²) in [6.07, 6.45) is -4.50. The largest absolute Gasteiger partial charge is 0.408 e. The Kier molecular flexibility index (Phi) is 6.25. The maximum absolute atomic E-state index is 13.7. The van der Waals surface area contributed by atoms with Gasteiger partial charge in [0.1, 0.15) is 11.9 Å². The third kappa shape index (κ3) is 4.07. The van der Waals surface area contributed by atoms with Crippen molar-refractivity contribution < 1.29 is 17.6 Å². The smallest absolute Gasteiger partial charge is 0.314 e. The molecule has 20 heavy (non-hydrogen) atoms. The minimum atomic E-state index is -4.50. The molecule has 1 atom stereocenters. The molecule has 1 aliphatic heterocycles. The molecule has 114 valence electrons. The number of halogens is 6. The van der Waals surface area contributed by atoms with Crippen molar-refractivity contribution in [2.24, 2.45) is 0 Å². The zero-order valence-electron chi connectivity index (χ0n) is 10.4. The van der Waals surface area contributed by atoms with Crippen molar-refractivity contribution in [1.82, 2.24) is 10.2 Å². The fourth-order valence-corrected chi connectivity index (χ4v) is 2.62. The van der Waals surface area contributed by atoms with Gasteiger partial charge < -0.3 is 5.32 Å². The lowest BCUT2D eigenvalue weighted by atomic mass is 10.0. The molecule has 0 saturated carbocycles. The first-order valence-electron chi connectivity index (χ1n) is 5.86. The Balaban J connectivity index is 0.00000200. The van der Waals surface area contributed by atoms with Crippen LogP contribution in [0, 0.1) is 5.82 Å². The van der Waals surface area contributed by atoms with Gasteiger partial charge in [-0.25, -0.2) is 4.39 Å². The molecule has 1 heterocycles.